The zero-order valence-corrected chi connectivity index (χ0v) is 17.5. The van der Waals surface area contributed by atoms with Gasteiger partial charge >= 0.3 is 5.69 Å². The van der Waals surface area contributed by atoms with Gasteiger partial charge in [-0.25, -0.2) is 4.79 Å². The molecular weight excluding hydrogens is 410 g/mol. The van der Waals surface area contributed by atoms with Gasteiger partial charge in [-0.05, 0) is 31.4 Å². The number of aliphatic hydroxyl groups is 2. The molecule has 1 amide bonds. The summed E-state index contributed by atoms with van der Waals surface area (Å²) in [5, 5.41) is 23.2. The van der Waals surface area contributed by atoms with Crippen molar-refractivity contribution in [3.8, 4) is 0 Å². The number of aromatic nitrogens is 2. The summed E-state index contributed by atoms with van der Waals surface area (Å²) in [4.78, 5) is 28.5. The van der Waals surface area contributed by atoms with Gasteiger partial charge in [0.25, 0.3) is 5.91 Å². The molecule has 10 heteroatoms. The molecule has 2 unspecified atom stereocenters. The summed E-state index contributed by atoms with van der Waals surface area (Å²) in [5.41, 5.74) is -0.297. The molecule has 1 aromatic carbocycles. The van der Waals surface area contributed by atoms with E-state index in [0.29, 0.717) is 5.56 Å². The average molecular weight is 436 g/mol. The third kappa shape index (κ3) is 5.27. The highest BCUT2D eigenvalue weighted by Gasteiger charge is 2.44. The van der Waals surface area contributed by atoms with Crippen molar-refractivity contribution in [2.75, 3.05) is 23.9 Å². The molecule has 0 radical (unpaired) electrons. The molecule has 2 heterocycles. The maximum Gasteiger partial charge on any atom is 0.351 e. The number of thioether (sulfide) groups is 1. The molecule has 0 spiro atoms. The van der Waals surface area contributed by atoms with Gasteiger partial charge in [-0.3, -0.25) is 9.36 Å². The maximum atomic E-state index is 12.4. The quantitative estimate of drug-likeness (QED) is 0.559. The van der Waals surface area contributed by atoms with Crippen molar-refractivity contribution in [1.82, 2.24) is 9.55 Å². The van der Waals surface area contributed by atoms with E-state index < -0.39 is 36.1 Å². The summed E-state index contributed by atoms with van der Waals surface area (Å²) < 4.78 is 12.4. The van der Waals surface area contributed by atoms with Gasteiger partial charge in [0.1, 0.15) is 24.1 Å². The highest BCUT2D eigenvalue weighted by molar-refractivity contribution is 7.98. The Morgan fingerprint density at radius 1 is 1.30 bits per heavy atom. The number of ether oxygens (including phenoxy) is 2. The van der Waals surface area contributed by atoms with E-state index in [4.69, 9.17) is 9.47 Å². The number of hydrogen-bond acceptors (Lipinski definition) is 8. The zero-order chi connectivity index (χ0) is 21.7. The Kier molecular flexibility index (Phi) is 7.62. The number of nitrogens with zero attached hydrogens (tertiary/aromatic N) is 2. The van der Waals surface area contributed by atoms with Gasteiger partial charge in [-0.2, -0.15) is 16.7 Å². The first-order chi connectivity index (χ1) is 14.4. The minimum atomic E-state index is -1.32. The number of aliphatic hydroxyl groups excluding tert-OH is 2. The molecule has 0 bridgehead atoms. The van der Waals surface area contributed by atoms with Crippen molar-refractivity contribution in [3.05, 3.63) is 58.6 Å². The van der Waals surface area contributed by atoms with E-state index in [9.17, 15) is 19.8 Å². The fraction of sp³-hybridized carbons (Fsp3) is 0.450. The van der Waals surface area contributed by atoms with Crippen LogP contribution in [0, 0.1) is 0 Å². The van der Waals surface area contributed by atoms with Crippen molar-refractivity contribution >= 4 is 23.5 Å². The molecule has 2 aromatic rings. The van der Waals surface area contributed by atoms with Crippen molar-refractivity contribution in [3.63, 3.8) is 0 Å². The molecule has 30 heavy (non-hydrogen) atoms. The van der Waals surface area contributed by atoms with E-state index in [-0.39, 0.29) is 18.5 Å². The van der Waals surface area contributed by atoms with Crippen LogP contribution in [0.15, 0.2) is 47.4 Å². The Morgan fingerprint density at radius 3 is 2.70 bits per heavy atom. The van der Waals surface area contributed by atoms with E-state index in [1.165, 1.54) is 12.3 Å². The number of benzene rings is 1. The normalized spacial score (nSPS) is 24.5. The number of carbonyl (C=O) groups excluding carboxylic acids is 1. The molecule has 162 valence electrons. The first-order valence-electron chi connectivity index (χ1n) is 9.48. The molecule has 0 saturated carbocycles. The number of amides is 1. The highest BCUT2D eigenvalue weighted by Crippen LogP contribution is 2.29. The van der Waals surface area contributed by atoms with E-state index in [0.717, 1.165) is 10.3 Å². The summed E-state index contributed by atoms with van der Waals surface area (Å²) in [5.74, 6) is 0.460. The predicted octanol–water partition coefficient (Wildman–Crippen LogP) is 0.883. The first-order valence-corrected chi connectivity index (χ1v) is 10.9. The standard InChI is InChI=1S/C20H25N3O6S/c1-12(11-30-2)28-10-14-16(24)17(25)19(29-14)23-9-8-15(22-20(23)27)21-18(26)13-6-4-3-5-7-13/h3-9,12,14,16-17,19,24-25H,10-11H2,1-2H3,(H,21,22,26,27)/t12?,14-,16?,17+,19-/m1/s1. The number of carbonyl (C=O) groups is 1. The molecule has 3 rings (SSSR count). The van der Waals surface area contributed by atoms with E-state index in [1.807, 2.05) is 13.2 Å². The maximum absolute atomic E-state index is 12.4. The Labute approximate surface area is 178 Å². The van der Waals surface area contributed by atoms with Crippen LogP contribution >= 0.6 is 11.8 Å². The van der Waals surface area contributed by atoms with Gasteiger partial charge in [0.05, 0.1) is 12.7 Å². The van der Waals surface area contributed by atoms with E-state index >= 15 is 0 Å². The molecule has 1 saturated heterocycles. The van der Waals surface area contributed by atoms with Gasteiger partial charge in [0.15, 0.2) is 6.23 Å². The lowest BCUT2D eigenvalue weighted by Crippen LogP contribution is -2.36. The fourth-order valence-corrected chi connectivity index (χ4v) is 3.66. The largest absolute Gasteiger partial charge is 0.387 e. The molecule has 1 aromatic heterocycles. The van der Waals surface area contributed by atoms with Crippen LogP contribution in [0.5, 0.6) is 0 Å². The molecule has 1 aliphatic rings. The van der Waals surface area contributed by atoms with Crippen molar-refractivity contribution in [2.45, 2.75) is 37.6 Å². The smallest absolute Gasteiger partial charge is 0.351 e. The van der Waals surface area contributed by atoms with Crippen LogP contribution < -0.4 is 11.0 Å². The van der Waals surface area contributed by atoms with Gasteiger partial charge in [-0.1, -0.05) is 18.2 Å². The monoisotopic (exact) mass is 435 g/mol. The molecular formula is C20H25N3O6S. The van der Waals surface area contributed by atoms with Crippen LogP contribution in [0.1, 0.15) is 23.5 Å². The molecule has 5 atom stereocenters. The first kappa shape index (κ1) is 22.4. The summed E-state index contributed by atoms with van der Waals surface area (Å²) in [7, 11) is 0. The van der Waals surface area contributed by atoms with Crippen LogP contribution in [-0.2, 0) is 9.47 Å². The topological polar surface area (TPSA) is 123 Å². The third-order valence-electron chi connectivity index (χ3n) is 4.67. The molecule has 0 aliphatic carbocycles. The van der Waals surface area contributed by atoms with Crippen LogP contribution in [0.3, 0.4) is 0 Å². The van der Waals surface area contributed by atoms with Crippen molar-refractivity contribution in [2.24, 2.45) is 0 Å². The minimum absolute atomic E-state index is 0.0381. The number of anilines is 1. The van der Waals surface area contributed by atoms with E-state index in [2.05, 4.69) is 10.3 Å². The second-order valence-electron chi connectivity index (χ2n) is 6.97. The van der Waals surface area contributed by atoms with Crippen molar-refractivity contribution in [1.29, 1.82) is 0 Å². The molecule has 1 fully saturated rings. The number of rotatable bonds is 8. The Hall–Kier alpha value is -2.24. The van der Waals surface area contributed by atoms with Crippen LogP contribution in [0.25, 0.3) is 0 Å². The second kappa shape index (κ2) is 10.2. The van der Waals surface area contributed by atoms with Gasteiger partial charge in [-0.15, -0.1) is 0 Å². The summed E-state index contributed by atoms with van der Waals surface area (Å²) in [6, 6.07) is 9.96. The molecule has 1 aliphatic heterocycles. The lowest BCUT2D eigenvalue weighted by atomic mass is 10.1. The summed E-state index contributed by atoms with van der Waals surface area (Å²) in [6.45, 7) is 1.99. The summed E-state index contributed by atoms with van der Waals surface area (Å²) >= 11 is 1.64. The molecule has 3 N–H and O–H groups in total. The highest BCUT2D eigenvalue weighted by atomic mass is 32.2. The van der Waals surface area contributed by atoms with Crippen LogP contribution in [-0.4, -0.2) is 68.7 Å². The van der Waals surface area contributed by atoms with Crippen LogP contribution in [0.4, 0.5) is 5.82 Å². The number of hydrogen-bond donors (Lipinski definition) is 3. The Bertz CT molecular complexity index is 909. The Morgan fingerprint density at radius 2 is 2.03 bits per heavy atom. The minimum Gasteiger partial charge on any atom is -0.387 e. The lowest BCUT2D eigenvalue weighted by molar-refractivity contribution is -0.0772. The average Bonchev–Trinajstić information content (AvgIpc) is 3.01. The Balaban J connectivity index is 1.67. The zero-order valence-electron chi connectivity index (χ0n) is 16.7. The molecule has 9 nitrogen and oxygen atoms in total. The number of nitrogens with one attached hydrogen (secondary N) is 1. The third-order valence-corrected chi connectivity index (χ3v) is 5.47. The van der Waals surface area contributed by atoms with E-state index in [1.54, 1.807) is 42.1 Å². The van der Waals surface area contributed by atoms with Gasteiger partial charge < -0.3 is 25.0 Å². The predicted molar refractivity (Wildman–Crippen MR) is 113 cm³/mol. The van der Waals surface area contributed by atoms with Gasteiger partial charge in [0.2, 0.25) is 0 Å². The van der Waals surface area contributed by atoms with Crippen LogP contribution in [0.2, 0.25) is 0 Å². The summed E-state index contributed by atoms with van der Waals surface area (Å²) in [6.07, 6.45) is -1.13. The van der Waals surface area contributed by atoms with Crippen molar-refractivity contribution < 1.29 is 24.5 Å². The second-order valence-corrected chi connectivity index (χ2v) is 7.88. The van der Waals surface area contributed by atoms with Gasteiger partial charge in [0, 0.05) is 17.5 Å². The SMILES string of the molecule is CSCC(C)OC[C@H]1O[C@@H](n2ccc(NC(=O)c3ccccc3)nc2=O)[C@@H](O)C1O. The fourth-order valence-electron chi connectivity index (χ4n) is 3.09. The lowest BCUT2D eigenvalue weighted by Gasteiger charge is -2.18.